The zero-order valence-electron chi connectivity index (χ0n) is 13.4. The number of alkyl carbamates (subject to hydrolysis) is 1. The van der Waals surface area contributed by atoms with Gasteiger partial charge in [-0.25, -0.2) is 22.7 Å². The smallest absolute Gasteiger partial charge is 0.408 e. The van der Waals surface area contributed by atoms with Crippen molar-refractivity contribution < 1.29 is 27.9 Å². The van der Waals surface area contributed by atoms with Crippen LogP contribution in [-0.4, -0.2) is 43.8 Å². The highest BCUT2D eigenvalue weighted by Gasteiger charge is 2.26. The van der Waals surface area contributed by atoms with Crippen LogP contribution in [0.4, 0.5) is 4.79 Å². The lowest BCUT2D eigenvalue weighted by atomic mass is 10.2. The van der Waals surface area contributed by atoms with Crippen molar-refractivity contribution >= 4 is 38.0 Å². The summed E-state index contributed by atoms with van der Waals surface area (Å²) >= 11 is 3.19. The van der Waals surface area contributed by atoms with E-state index < -0.39 is 40.3 Å². The molecule has 8 nitrogen and oxygen atoms in total. The molecule has 0 saturated carbocycles. The molecule has 1 unspecified atom stereocenters. The number of ether oxygens (including phenoxy) is 1. The van der Waals surface area contributed by atoms with Gasteiger partial charge in [-0.05, 0) is 45.0 Å². The number of amides is 1. The molecular formula is C14H19BrN2O6S. The van der Waals surface area contributed by atoms with Crippen molar-refractivity contribution in [2.75, 3.05) is 6.54 Å². The van der Waals surface area contributed by atoms with E-state index >= 15 is 0 Å². The number of hydrogen-bond acceptors (Lipinski definition) is 5. The van der Waals surface area contributed by atoms with E-state index in [0.29, 0.717) is 4.47 Å². The monoisotopic (exact) mass is 422 g/mol. The van der Waals surface area contributed by atoms with Gasteiger partial charge in [0.15, 0.2) is 0 Å². The lowest BCUT2D eigenvalue weighted by Gasteiger charge is -2.22. The number of carboxylic acids is 1. The van der Waals surface area contributed by atoms with Gasteiger partial charge in [0.05, 0.1) is 4.90 Å². The van der Waals surface area contributed by atoms with Gasteiger partial charge in [-0.15, -0.1) is 0 Å². The summed E-state index contributed by atoms with van der Waals surface area (Å²) in [6, 6.07) is 4.35. The third kappa shape index (κ3) is 6.85. The van der Waals surface area contributed by atoms with Crippen LogP contribution < -0.4 is 10.0 Å². The molecule has 24 heavy (non-hydrogen) atoms. The Kier molecular flexibility index (Phi) is 6.76. The Morgan fingerprint density at radius 2 is 1.79 bits per heavy atom. The fourth-order valence-electron chi connectivity index (χ4n) is 1.54. The topological polar surface area (TPSA) is 122 Å². The van der Waals surface area contributed by atoms with Crippen molar-refractivity contribution in [1.29, 1.82) is 0 Å². The first kappa shape index (κ1) is 20.4. The van der Waals surface area contributed by atoms with E-state index in [0.717, 1.165) is 0 Å². The second kappa shape index (κ2) is 7.95. The van der Waals surface area contributed by atoms with Crippen LogP contribution in [0.1, 0.15) is 20.8 Å². The molecule has 0 aliphatic carbocycles. The molecule has 0 saturated heterocycles. The summed E-state index contributed by atoms with van der Waals surface area (Å²) in [7, 11) is -3.90. The van der Waals surface area contributed by atoms with Crippen LogP contribution in [0.15, 0.2) is 33.6 Å². The first-order valence-electron chi connectivity index (χ1n) is 6.88. The molecule has 0 fully saturated rings. The molecule has 1 amide bonds. The number of rotatable bonds is 6. The second-order valence-electron chi connectivity index (χ2n) is 5.84. The van der Waals surface area contributed by atoms with Gasteiger partial charge in [0.25, 0.3) is 0 Å². The number of benzene rings is 1. The summed E-state index contributed by atoms with van der Waals surface area (Å²) in [6.45, 7) is 4.35. The van der Waals surface area contributed by atoms with E-state index in [-0.39, 0.29) is 4.90 Å². The molecule has 10 heteroatoms. The Hall–Kier alpha value is -1.65. The van der Waals surface area contributed by atoms with Gasteiger partial charge in [0.1, 0.15) is 11.6 Å². The Morgan fingerprint density at radius 3 is 2.25 bits per heavy atom. The molecule has 3 N–H and O–H groups in total. The van der Waals surface area contributed by atoms with Crippen molar-refractivity contribution in [3.05, 3.63) is 28.7 Å². The normalized spacial score (nSPS) is 13.2. The Morgan fingerprint density at radius 1 is 1.25 bits per heavy atom. The van der Waals surface area contributed by atoms with Crippen molar-refractivity contribution in [2.24, 2.45) is 0 Å². The zero-order valence-corrected chi connectivity index (χ0v) is 15.8. The minimum Gasteiger partial charge on any atom is -0.480 e. The van der Waals surface area contributed by atoms with Crippen LogP contribution in [0.2, 0.25) is 0 Å². The second-order valence-corrected chi connectivity index (χ2v) is 8.53. The van der Waals surface area contributed by atoms with E-state index in [1.165, 1.54) is 12.1 Å². The van der Waals surface area contributed by atoms with Crippen molar-refractivity contribution in [1.82, 2.24) is 10.0 Å². The van der Waals surface area contributed by atoms with E-state index in [9.17, 15) is 18.0 Å². The summed E-state index contributed by atoms with van der Waals surface area (Å²) in [5, 5.41) is 11.2. The van der Waals surface area contributed by atoms with Gasteiger partial charge in [-0.2, -0.15) is 0 Å². The molecule has 1 aromatic carbocycles. The number of halogens is 1. The third-order valence-electron chi connectivity index (χ3n) is 2.59. The van der Waals surface area contributed by atoms with Gasteiger partial charge in [0.2, 0.25) is 10.0 Å². The number of aliphatic carboxylic acids is 1. The Bertz CT molecular complexity index is 697. The van der Waals surface area contributed by atoms with Crippen LogP contribution in [-0.2, 0) is 19.6 Å². The maximum Gasteiger partial charge on any atom is 0.408 e. The SMILES string of the molecule is CC(C)(C)OC(=O)NC(CNS(=O)(=O)c1ccc(Br)cc1)C(=O)O. The molecule has 1 atom stereocenters. The molecule has 134 valence electrons. The van der Waals surface area contributed by atoms with Crippen molar-refractivity contribution in [3.8, 4) is 0 Å². The van der Waals surface area contributed by atoms with Crippen LogP contribution in [0, 0.1) is 0 Å². The first-order valence-corrected chi connectivity index (χ1v) is 9.16. The van der Waals surface area contributed by atoms with E-state index in [1.54, 1.807) is 32.9 Å². The minimum absolute atomic E-state index is 0.0212. The number of sulfonamides is 1. The molecule has 0 aliphatic heterocycles. The largest absolute Gasteiger partial charge is 0.480 e. The number of carbonyl (C=O) groups is 2. The van der Waals surface area contributed by atoms with Gasteiger partial charge >= 0.3 is 12.1 Å². The maximum atomic E-state index is 12.1. The molecule has 0 bridgehead atoms. The lowest BCUT2D eigenvalue weighted by molar-refractivity contribution is -0.139. The summed E-state index contributed by atoms with van der Waals surface area (Å²) in [5.74, 6) is -1.39. The summed E-state index contributed by atoms with van der Waals surface area (Å²) in [5.41, 5.74) is -0.802. The van der Waals surface area contributed by atoms with E-state index in [4.69, 9.17) is 9.84 Å². The van der Waals surface area contributed by atoms with Crippen molar-refractivity contribution in [3.63, 3.8) is 0 Å². The first-order chi connectivity index (χ1) is 10.9. The fourth-order valence-corrected chi connectivity index (χ4v) is 2.85. The Labute approximate surface area is 148 Å². The molecule has 0 aliphatic rings. The van der Waals surface area contributed by atoms with Gasteiger partial charge < -0.3 is 15.2 Å². The highest BCUT2D eigenvalue weighted by atomic mass is 79.9. The van der Waals surface area contributed by atoms with Crippen LogP contribution in [0.3, 0.4) is 0 Å². The minimum atomic E-state index is -3.90. The summed E-state index contributed by atoms with van der Waals surface area (Å²) < 4.78 is 32.1. The number of hydrogen-bond donors (Lipinski definition) is 3. The maximum absolute atomic E-state index is 12.1. The lowest BCUT2D eigenvalue weighted by Crippen LogP contribution is -2.49. The van der Waals surface area contributed by atoms with Gasteiger partial charge in [0, 0.05) is 11.0 Å². The molecular weight excluding hydrogens is 404 g/mol. The molecule has 0 aromatic heterocycles. The molecule has 1 rings (SSSR count). The van der Waals surface area contributed by atoms with Crippen LogP contribution >= 0.6 is 15.9 Å². The van der Waals surface area contributed by atoms with E-state index in [2.05, 4.69) is 26.0 Å². The number of carboxylic acid groups (broad SMARTS) is 1. The average Bonchev–Trinajstić information content (AvgIpc) is 2.41. The number of nitrogens with one attached hydrogen (secondary N) is 2. The molecule has 1 aromatic rings. The van der Waals surface area contributed by atoms with Crippen LogP contribution in [0.5, 0.6) is 0 Å². The third-order valence-corrected chi connectivity index (χ3v) is 4.56. The van der Waals surface area contributed by atoms with E-state index in [1.807, 2.05) is 0 Å². The standard InChI is InChI=1S/C14H19BrN2O6S/c1-14(2,3)23-13(20)17-11(12(18)19)8-16-24(21,22)10-6-4-9(15)5-7-10/h4-7,11,16H,8H2,1-3H3,(H,17,20)(H,18,19). The average molecular weight is 423 g/mol. The predicted molar refractivity (Wildman–Crippen MR) is 90.1 cm³/mol. The number of carbonyl (C=O) groups excluding carboxylic acids is 1. The Balaban J connectivity index is 2.74. The summed E-state index contributed by atoms with van der Waals surface area (Å²) in [6.07, 6.45) is -0.947. The summed E-state index contributed by atoms with van der Waals surface area (Å²) in [4.78, 5) is 22.8. The fraction of sp³-hybridized carbons (Fsp3) is 0.429. The molecule has 0 radical (unpaired) electrons. The highest BCUT2D eigenvalue weighted by Crippen LogP contribution is 2.14. The van der Waals surface area contributed by atoms with Gasteiger partial charge in [-0.1, -0.05) is 15.9 Å². The van der Waals surface area contributed by atoms with Crippen molar-refractivity contribution in [2.45, 2.75) is 37.3 Å². The molecule has 0 heterocycles. The quantitative estimate of drug-likeness (QED) is 0.641. The molecule has 0 spiro atoms. The highest BCUT2D eigenvalue weighted by molar-refractivity contribution is 9.10. The predicted octanol–water partition coefficient (Wildman–Crippen LogP) is 1.71. The zero-order chi connectivity index (χ0) is 18.5. The van der Waals surface area contributed by atoms with Gasteiger partial charge in [-0.3, -0.25) is 0 Å². The van der Waals surface area contributed by atoms with Crippen LogP contribution in [0.25, 0.3) is 0 Å².